The molecule has 2 amide bonds. The molecule has 148 valence electrons. The highest BCUT2D eigenvalue weighted by molar-refractivity contribution is 7.15. The number of H-pyrrole nitrogens is 1. The molecule has 0 atom stereocenters. The number of nitrogens with zero attached hydrogens (tertiary/aromatic N) is 2. The van der Waals surface area contributed by atoms with Gasteiger partial charge in [-0.1, -0.05) is 12.1 Å². The van der Waals surface area contributed by atoms with E-state index in [1.807, 2.05) is 12.1 Å². The minimum absolute atomic E-state index is 0.0653. The molecule has 8 N–H and O–H groups in total. The molecule has 2 aromatic heterocycles. The molecule has 0 aliphatic heterocycles. The van der Waals surface area contributed by atoms with Crippen LogP contribution in [-0.2, 0) is 0 Å². The molecule has 0 saturated carbocycles. The summed E-state index contributed by atoms with van der Waals surface area (Å²) in [4.78, 5) is 24.8. The van der Waals surface area contributed by atoms with Gasteiger partial charge >= 0.3 is 0 Å². The molecule has 2 heterocycles. The standard InChI is InChI=1S/C20H15N7O2S/c21-7-14-15(16(23)18(30-14)19(24)28)11-6-9(4-5-12(11)22)20(29)26-13-3-1-2-10-8-25-27-17(10)13/h1-6,8H,22-23H2,(H2,24,28)(H,25,27)(H,26,29). The first kappa shape index (κ1) is 19.0. The molecular weight excluding hydrogens is 402 g/mol. The van der Waals surface area contributed by atoms with Crippen molar-refractivity contribution in [2.45, 2.75) is 0 Å². The van der Waals surface area contributed by atoms with E-state index in [9.17, 15) is 14.9 Å². The Labute approximate surface area is 174 Å². The largest absolute Gasteiger partial charge is 0.398 e. The minimum atomic E-state index is -0.736. The van der Waals surface area contributed by atoms with E-state index in [-0.39, 0.29) is 21.3 Å². The molecule has 4 rings (SSSR count). The molecule has 9 nitrogen and oxygen atoms in total. The van der Waals surface area contributed by atoms with Gasteiger partial charge in [-0.2, -0.15) is 10.4 Å². The lowest BCUT2D eigenvalue weighted by Gasteiger charge is -2.11. The number of nitrogens with one attached hydrogen (secondary N) is 2. The molecule has 0 fully saturated rings. The summed E-state index contributed by atoms with van der Waals surface area (Å²) in [5.74, 6) is -1.12. The predicted octanol–water partition coefficient (Wildman–Crippen LogP) is 2.68. The molecule has 0 saturated heterocycles. The fraction of sp³-hybridized carbons (Fsp3) is 0. The molecular formula is C20H15N7O2S. The van der Waals surface area contributed by atoms with Crippen LogP contribution in [0, 0.1) is 11.3 Å². The summed E-state index contributed by atoms with van der Waals surface area (Å²) in [6, 6.07) is 12.1. The van der Waals surface area contributed by atoms with Crippen LogP contribution in [0.15, 0.2) is 42.6 Å². The zero-order chi connectivity index (χ0) is 21.4. The number of para-hydroxylation sites is 1. The van der Waals surface area contributed by atoms with Crippen molar-refractivity contribution in [3.8, 4) is 17.2 Å². The van der Waals surface area contributed by atoms with Crippen LogP contribution in [-0.4, -0.2) is 22.0 Å². The van der Waals surface area contributed by atoms with Crippen molar-refractivity contribution in [1.82, 2.24) is 10.2 Å². The smallest absolute Gasteiger partial charge is 0.260 e. The van der Waals surface area contributed by atoms with E-state index in [2.05, 4.69) is 15.5 Å². The Bertz CT molecular complexity index is 1360. The number of aromatic amines is 1. The molecule has 0 spiro atoms. The summed E-state index contributed by atoms with van der Waals surface area (Å²) in [6.07, 6.45) is 1.66. The van der Waals surface area contributed by atoms with Crippen molar-refractivity contribution in [2.75, 3.05) is 16.8 Å². The van der Waals surface area contributed by atoms with Crippen LogP contribution in [0.25, 0.3) is 22.0 Å². The number of anilines is 3. The van der Waals surface area contributed by atoms with Crippen molar-refractivity contribution in [1.29, 1.82) is 5.26 Å². The second kappa shape index (κ2) is 7.23. The minimum Gasteiger partial charge on any atom is -0.398 e. The highest BCUT2D eigenvalue weighted by Crippen LogP contribution is 2.41. The van der Waals surface area contributed by atoms with E-state index < -0.39 is 5.91 Å². The first-order valence-corrected chi connectivity index (χ1v) is 9.48. The van der Waals surface area contributed by atoms with Crippen LogP contribution >= 0.6 is 11.3 Å². The van der Waals surface area contributed by atoms with Gasteiger partial charge in [0.15, 0.2) is 0 Å². The number of thiophene rings is 1. The van der Waals surface area contributed by atoms with Crippen LogP contribution in [0.5, 0.6) is 0 Å². The number of amides is 2. The van der Waals surface area contributed by atoms with Crippen molar-refractivity contribution in [3.05, 3.63) is 57.9 Å². The summed E-state index contributed by atoms with van der Waals surface area (Å²) in [5, 5.41) is 20.0. The van der Waals surface area contributed by atoms with E-state index >= 15 is 0 Å². The number of fused-ring (bicyclic) bond motifs is 1. The Morgan fingerprint density at radius 3 is 2.73 bits per heavy atom. The SMILES string of the molecule is N#Cc1sc(C(N)=O)c(N)c1-c1cc(C(=O)Nc2cccc3cn[nH]c23)ccc1N. The third-order valence-corrected chi connectivity index (χ3v) is 5.70. The van der Waals surface area contributed by atoms with Crippen molar-refractivity contribution >= 4 is 51.1 Å². The van der Waals surface area contributed by atoms with Crippen LogP contribution < -0.4 is 22.5 Å². The van der Waals surface area contributed by atoms with Crippen LogP contribution in [0.1, 0.15) is 24.9 Å². The number of rotatable bonds is 4. The second-order valence-electron chi connectivity index (χ2n) is 6.42. The maximum Gasteiger partial charge on any atom is 0.260 e. The van der Waals surface area contributed by atoms with Gasteiger partial charge in [0.1, 0.15) is 15.8 Å². The van der Waals surface area contributed by atoms with Crippen molar-refractivity contribution in [2.24, 2.45) is 5.73 Å². The Balaban J connectivity index is 1.76. The van der Waals surface area contributed by atoms with Crippen LogP contribution in [0.4, 0.5) is 17.1 Å². The number of nitrogen functional groups attached to an aromatic ring is 2. The zero-order valence-corrected chi connectivity index (χ0v) is 16.2. The average Bonchev–Trinajstić information content (AvgIpc) is 3.33. The normalized spacial score (nSPS) is 10.6. The first-order valence-electron chi connectivity index (χ1n) is 8.66. The van der Waals surface area contributed by atoms with E-state index in [0.29, 0.717) is 33.6 Å². The highest BCUT2D eigenvalue weighted by atomic mass is 32.1. The van der Waals surface area contributed by atoms with Gasteiger partial charge in [0, 0.05) is 27.8 Å². The summed E-state index contributed by atoms with van der Waals surface area (Å²) in [6.45, 7) is 0. The molecule has 4 aromatic rings. The summed E-state index contributed by atoms with van der Waals surface area (Å²) in [5.41, 5.74) is 20.1. The lowest BCUT2D eigenvalue weighted by atomic mass is 9.99. The molecule has 30 heavy (non-hydrogen) atoms. The highest BCUT2D eigenvalue weighted by Gasteiger charge is 2.23. The zero-order valence-electron chi connectivity index (χ0n) is 15.4. The molecule has 2 aromatic carbocycles. The molecule has 0 radical (unpaired) electrons. The number of nitrogens with two attached hydrogens (primary N) is 3. The maximum atomic E-state index is 12.9. The number of primary amides is 1. The van der Waals surface area contributed by atoms with Crippen molar-refractivity contribution in [3.63, 3.8) is 0 Å². The molecule has 0 aliphatic rings. The lowest BCUT2D eigenvalue weighted by Crippen LogP contribution is -2.13. The number of carbonyl (C=O) groups excluding carboxylic acids is 2. The van der Waals surface area contributed by atoms with Gasteiger partial charge in [-0.05, 0) is 24.3 Å². The van der Waals surface area contributed by atoms with Crippen LogP contribution in [0.2, 0.25) is 0 Å². The van der Waals surface area contributed by atoms with E-state index in [4.69, 9.17) is 17.2 Å². The Kier molecular flexibility index (Phi) is 4.57. The third-order valence-electron chi connectivity index (χ3n) is 4.58. The number of hydrogen-bond acceptors (Lipinski definition) is 7. The third kappa shape index (κ3) is 3.09. The van der Waals surface area contributed by atoms with Gasteiger partial charge in [-0.15, -0.1) is 11.3 Å². The molecule has 10 heteroatoms. The first-order chi connectivity index (χ1) is 14.4. The van der Waals surface area contributed by atoms with Gasteiger partial charge in [-0.3, -0.25) is 14.7 Å². The quantitative estimate of drug-likeness (QED) is 0.319. The summed E-state index contributed by atoms with van der Waals surface area (Å²) in [7, 11) is 0. The Morgan fingerprint density at radius 1 is 1.20 bits per heavy atom. The van der Waals surface area contributed by atoms with Gasteiger partial charge in [0.05, 0.1) is 23.1 Å². The Morgan fingerprint density at radius 2 is 2.00 bits per heavy atom. The topological polar surface area (TPSA) is 177 Å². The van der Waals surface area contributed by atoms with E-state index in [1.54, 1.807) is 30.5 Å². The fourth-order valence-corrected chi connectivity index (χ4v) is 4.04. The number of benzene rings is 2. The predicted molar refractivity (Wildman–Crippen MR) is 116 cm³/mol. The second-order valence-corrected chi connectivity index (χ2v) is 7.44. The maximum absolute atomic E-state index is 12.9. The number of hydrogen-bond donors (Lipinski definition) is 5. The molecule has 0 bridgehead atoms. The lowest BCUT2D eigenvalue weighted by molar-refractivity contribution is 0.100. The van der Waals surface area contributed by atoms with Crippen LogP contribution in [0.3, 0.4) is 0 Å². The monoisotopic (exact) mass is 417 g/mol. The van der Waals surface area contributed by atoms with Crippen molar-refractivity contribution < 1.29 is 9.59 Å². The van der Waals surface area contributed by atoms with Gasteiger partial charge in [-0.25, -0.2) is 0 Å². The number of aromatic nitrogens is 2. The van der Waals surface area contributed by atoms with Gasteiger partial charge < -0.3 is 22.5 Å². The van der Waals surface area contributed by atoms with E-state index in [1.165, 1.54) is 6.07 Å². The molecule has 0 aliphatic carbocycles. The number of carbonyl (C=O) groups is 2. The van der Waals surface area contributed by atoms with Gasteiger partial charge in [0.2, 0.25) is 0 Å². The van der Waals surface area contributed by atoms with Gasteiger partial charge in [0.25, 0.3) is 11.8 Å². The summed E-state index contributed by atoms with van der Waals surface area (Å²) < 4.78 is 0. The Hall–Kier alpha value is -4.36. The summed E-state index contributed by atoms with van der Waals surface area (Å²) >= 11 is 0.889. The average molecular weight is 417 g/mol. The molecule has 0 unspecified atom stereocenters. The van der Waals surface area contributed by atoms with E-state index in [0.717, 1.165) is 16.7 Å². The fourth-order valence-electron chi connectivity index (χ4n) is 3.15. The number of nitriles is 1.